The number of rotatable bonds is 8. The molecule has 1 fully saturated rings. The smallest absolute Gasteiger partial charge is 0.339 e. The van der Waals surface area contributed by atoms with E-state index in [4.69, 9.17) is 27.4 Å². The van der Waals surface area contributed by atoms with Gasteiger partial charge in [0.15, 0.2) is 5.78 Å². The molecule has 9 nitrogen and oxygen atoms in total. The lowest BCUT2D eigenvalue weighted by Crippen LogP contribution is -2.52. The molecule has 216 valence electrons. The standard InChI is InChI=1S/C30H24Cl2N2O7S/c1-18-6-13-22(14-7-18)42(39,40)41-21-11-8-19(9-12-21)27(35)17-33(28(36)25-15-10-20(31)16-26(25)32)34-29(37)23-4-2-3-5-24(23)30(34)38/h2-3,6-16,23-24H,4-5,17H2,1H3/t23-,24+. The lowest BCUT2D eigenvalue weighted by atomic mass is 9.85. The fraction of sp³-hybridized carbons (Fsp3) is 0.200. The van der Waals surface area contributed by atoms with Crippen LogP contribution in [0.5, 0.6) is 5.75 Å². The van der Waals surface area contributed by atoms with E-state index in [0.717, 1.165) is 15.6 Å². The molecule has 3 aromatic rings. The van der Waals surface area contributed by atoms with Crippen molar-refractivity contribution in [3.8, 4) is 5.75 Å². The van der Waals surface area contributed by atoms with Crippen LogP contribution in [0.1, 0.15) is 39.1 Å². The summed E-state index contributed by atoms with van der Waals surface area (Å²) in [6.45, 7) is 1.16. The maximum absolute atomic E-state index is 13.7. The number of carbonyl (C=O) groups is 4. The van der Waals surface area contributed by atoms with Crippen LogP contribution in [0.15, 0.2) is 83.8 Å². The Balaban J connectivity index is 1.40. The predicted octanol–water partition coefficient (Wildman–Crippen LogP) is 5.26. The van der Waals surface area contributed by atoms with E-state index in [0.29, 0.717) is 12.8 Å². The number of nitrogens with zero attached hydrogens (tertiary/aromatic N) is 2. The molecule has 0 aromatic heterocycles. The molecule has 1 saturated heterocycles. The molecule has 12 heteroatoms. The van der Waals surface area contributed by atoms with Gasteiger partial charge in [-0.15, -0.1) is 0 Å². The van der Waals surface area contributed by atoms with Gasteiger partial charge in [0.2, 0.25) is 0 Å². The van der Waals surface area contributed by atoms with Gasteiger partial charge in [-0.3, -0.25) is 19.2 Å². The summed E-state index contributed by atoms with van der Waals surface area (Å²) in [5.41, 5.74) is 0.927. The number of halogens is 2. The molecule has 1 aliphatic heterocycles. The number of hydrogen-bond donors (Lipinski definition) is 0. The third-order valence-electron chi connectivity index (χ3n) is 7.11. The first-order chi connectivity index (χ1) is 20.0. The minimum absolute atomic E-state index is 0.0144. The van der Waals surface area contributed by atoms with Crippen LogP contribution < -0.4 is 4.18 Å². The summed E-state index contributed by atoms with van der Waals surface area (Å²) in [5.74, 6) is -3.91. The van der Waals surface area contributed by atoms with Gasteiger partial charge in [-0.25, -0.2) is 5.01 Å². The molecule has 3 amide bonds. The van der Waals surface area contributed by atoms with Gasteiger partial charge in [-0.1, -0.05) is 53.1 Å². The molecule has 0 bridgehead atoms. The van der Waals surface area contributed by atoms with Crippen molar-refractivity contribution in [3.05, 3.63) is 106 Å². The van der Waals surface area contributed by atoms with Crippen LogP contribution in [-0.2, 0) is 19.7 Å². The fourth-order valence-electron chi connectivity index (χ4n) is 4.86. The van der Waals surface area contributed by atoms with Crippen molar-refractivity contribution in [1.82, 2.24) is 10.0 Å². The van der Waals surface area contributed by atoms with E-state index in [1.54, 1.807) is 12.1 Å². The van der Waals surface area contributed by atoms with E-state index in [9.17, 15) is 27.6 Å². The van der Waals surface area contributed by atoms with Crippen molar-refractivity contribution in [3.63, 3.8) is 0 Å². The van der Waals surface area contributed by atoms with Gasteiger partial charge in [0.25, 0.3) is 17.7 Å². The monoisotopic (exact) mass is 626 g/mol. The number of Topliss-reactive ketones (excluding diaryl/α,β-unsaturated/α-hetero) is 1. The second-order valence-electron chi connectivity index (χ2n) is 9.93. The van der Waals surface area contributed by atoms with Crippen molar-refractivity contribution in [1.29, 1.82) is 0 Å². The number of hydrazine groups is 1. The largest absolute Gasteiger partial charge is 0.379 e. The second-order valence-corrected chi connectivity index (χ2v) is 12.3. The molecule has 0 saturated carbocycles. The van der Waals surface area contributed by atoms with Crippen LogP contribution in [0.25, 0.3) is 0 Å². The van der Waals surface area contributed by atoms with Gasteiger partial charge < -0.3 is 4.18 Å². The van der Waals surface area contributed by atoms with Crippen LogP contribution in [0.2, 0.25) is 10.0 Å². The topological polar surface area (TPSA) is 118 Å². The maximum atomic E-state index is 13.7. The van der Waals surface area contributed by atoms with Crippen molar-refractivity contribution in [2.24, 2.45) is 11.8 Å². The number of amides is 3. The lowest BCUT2D eigenvalue weighted by molar-refractivity contribution is -0.154. The molecule has 0 unspecified atom stereocenters. The first-order valence-corrected chi connectivity index (χ1v) is 15.1. The lowest BCUT2D eigenvalue weighted by Gasteiger charge is -2.30. The van der Waals surface area contributed by atoms with Crippen LogP contribution in [-0.4, -0.2) is 48.5 Å². The number of fused-ring (bicyclic) bond motifs is 1. The van der Waals surface area contributed by atoms with Crippen molar-refractivity contribution < 1.29 is 31.8 Å². The first-order valence-electron chi connectivity index (χ1n) is 12.9. The number of imide groups is 1. The van der Waals surface area contributed by atoms with Gasteiger partial charge in [0.1, 0.15) is 17.2 Å². The third kappa shape index (κ3) is 5.83. The van der Waals surface area contributed by atoms with Crippen LogP contribution >= 0.6 is 23.2 Å². The van der Waals surface area contributed by atoms with Crippen LogP contribution in [0.4, 0.5) is 0 Å². The average Bonchev–Trinajstić information content (AvgIpc) is 3.21. The summed E-state index contributed by atoms with van der Waals surface area (Å²) in [5, 5.41) is 1.82. The Hall–Kier alpha value is -3.99. The number of hydrogen-bond acceptors (Lipinski definition) is 7. The third-order valence-corrected chi connectivity index (χ3v) is 8.92. The zero-order valence-corrected chi connectivity index (χ0v) is 24.5. The number of allylic oxidation sites excluding steroid dienone is 2. The number of carbonyl (C=O) groups excluding carboxylic acids is 4. The highest BCUT2D eigenvalue weighted by Gasteiger charge is 2.51. The minimum Gasteiger partial charge on any atom is -0.379 e. The molecule has 1 heterocycles. The summed E-state index contributed by atoms with van der Waals surface area (Å²) < 4.78 is 30.4. The summed E-state index contributed by atoms with van der Waals surface area (Å²) in [6.07, 6.45) is 4.31. The molecule has 5 rings (SSSR count). The van der Waals surface area contributed by atoms with Gasteiger partial charge in [0, 0.05) is 10.6 Å². The number of aryl methyl sites for hydroxylation is 1. The quantitative estimate of drug-likeness (QED) is 0.145. The zero-order valence-electron chi connectivity index (χ0n) is 22.2. The maximum Gasteiger partial charge on any atom is 0.339 e. The summed E-state index contributed by atoms with van der Waals surface area (Å²) in [4.78, 5) is 53.7. The van der Waals surface area contributed by atoms with Crippen LogP contribution in [0, 0.1) is 18.8 Å². The van der Waals surface area contributed by atoms with E-state index in [2.05, 4.69) is 0 Å². The molecule has 1 aliphatic carbocycles. The molecule has 0 spiro atoms. The van der Waals surface area contributed by atoms with E-state index in [1.165, 1.54) is 54.6 Å². The van der Waals surface area contributed by atoms with Gasteiger partial charge >= 0.3 is 10.1 Å². The minimum atomic E-state index is -4.11. The molecular weight excluding hydrogens is 603 g/mol. The first kappa shape index (κ1) is 29.5. The highest BCUT2D eigenvalue weighted by atomic mass is 35.5. The van der Waals surface area contributed by atoms with E-state index in [-0.39, 0.29) is 31.8 Å². The highest BCUT2D eigenvalue weighted by molar-refractivity contribution is 7.87. The Bertz CT molecular complexity index is 1700. The van der Waals surface area contributed by atoms with Gasteiger partial charge in [-0.05, 0) is 74.4 Å². The number of benzene rings is 3. The van der Waals surface area contributed by atoms with Crippen molar-refractivity contribution in [2.75, 3.05) is 6.54 Å². The van der Waals surface area contributed by atoms with E-state index in [1.807, 2.05) is 19.1 Å². The second kappa shape index (κ2) is 11.7. The van der Waals surface area contributed by atoms with E-state index >= 15 is 0 Å². The van der Waals surface area contributed by atoms with Crippen molar-refractivity contribution in [2.45, 2.75) is 24.7 Å². The zero-order chi connectivity index (χ0) is 30.2. The fourth-order valence-corrected chi connectivity index (χ4v) is 6.28. The van der Waals surface area contributed by atoms with Gasteiger partial charge in [0.05, 0.1) is 22.4 Å². The normalized spacial score (nSPS) is 18.1. The molecule has 42 heavy (non-hydrogen) atoms. The summed E-state index contributed by atoms with van der Waals surface area (Å²) in [6, 6.07) is 15.5. The van der Waals surface area contributed by atoms with E-state index < -0.39 is 52.0 Å². The Kier molecular flexibility index (Phi) is 8.23. The molecule has 0 radical (unpaired) electrons. The molecular formula is C30H24Cl2N2O7S. The van der Waals surface area contributed by atoms with Crippen molar-refractivity contribution >= 4 is 56.8 Å². The number of ketones is 1. The SMILES string of the molecule is Cc1ccc(S(=O)(=O)Oc2ccc(C(=O)CN(C(=O)c3ccc(Cl)cc3Cl)N3C(=O)[C@H]4CC=CC[C@H]4C3=O)cc2)cc1. The Morgan fingerprint density at radius 2 is 1.50 bits per heavy atom. The van der Waals surface area contributed by atoms with Crippen LogP contribution in [0.3, 0.4) is 0 Å². The van der Waals surface area contributed by atoms with Gasteiger partial charge in [-0.2, -0.15) is 13.4 Å². The Labute approximate surface area is 252 Å². The summed E-state index contributed by atoms with van der Waals surface area (Å²) in [7, 11) is -4.11. The molecule has 3 aromatic carbocycles. The highest BCUT2D eigenvalue weighted by Crippen LogP contribution is 2.37. The molecule has 2 aliphatic rings. The average molecular weight is 628 g/mol. The Morgan fingerprint density at radius 1 is 0.905 bits per heavy atom. The molecule has 2 atom stereocenters. The predicted molar refractivity (Wildman–Crippen MR) is 154 cm³/mol. The summed E-state index contributed by atoms with van der Waals surface area (Å²) >= 11 is 12.2. The molecule has 0 N–H and O–H groups in total. The Morgan fingerprint density at radius 3 is 2.07 bits per heavy atom.